The van der Waals surface area contributed by atoms with E-state index < -0.39 is 0 Å². The molecule has 5 heteroatoms. The summed E-state index contributed by atoms with van der Waals surface area (Å²) in [6, 6.07) is 9.18. The zero-order valence-corrected chi connectivity index (χ0v) is 14.9. The van der Waals surface area contributed by atoms with Gasteiger partial charge in [0.05, 0.1) is 24.9 Å². The molecule has 0 atom stereocenters. The lowest BCUT2D eigenvalue weighted by molar-refractivity contribution is 0.104. The molecule has 0 radical (unpaired) electrons. The third-order valence-electron chi connectivity index (χ3n) is 3.61. The third-order valence-corrected chi connectivity index (χ3v) is 3.90. The smallest absolute Gasteiger partial charge is 0.187 e. The Labute approximate surface area is 147 Å². The molecule has 0 fully saturated rings. The molecule has 4 nitrogen and oxygen atoms in total. The number of anilines is 1. The lowest BCUT2D eigenvalue weighted by Gasteiger charge is -2.11. The van der Waals surface area contributed by atoms with E-state index in [0.29, 0.717) is 27.8 Å². The number of rotatable bonds is 6. The number of benzene rings is 2. The summed E-state index contributed by atoms with van der Waals surface area (Å²) in [7, 11) is 3.09. The fourth-order valence-electron chi connectivity index (χ4n) is 2.27. The molecule has 0 bridgehead atoms. The van der Waals surface area contributed by atoms with Crippen molar-refractivity contribution in [3.63, 3.8) is 0 Å². The largest absolute Gasteiger partial charge is 0.495 e. The van der Waals surface area contributed by atoms with Crippen LogP contribution in [0.3, 0.4) is 0 Å². The second-order valence-corrected chi connectivity index (χ2v) is 5.75. The molecular formula is C19H20ClNO3. The molecule has 0 unspecified atom stereocenters. The summed E-state index contributed by atoms with van der Waals surface area (Å²) < 4.78 is 10.5. The highest BCUT2D eigenvalue weighted by Crippen LogP contribution is 2.35. The predicted molar refractivity (Wildman–Crippen MR) is 97.6 cm³/mol. The molecule has 0 aromatic heterocycles. The van der Waals surface area contributed by atoms with Crippen LogP contribution in [0.4, 0.5) is 5.69 Å². The highest BCUT2D eigenvalue weighted by molar-refractivity contribution is 6.32. The van der Waals surface area contributed by atoms with E-state index in [-0.39, 0.29) is 5.78 Å². The zero-order chi connectivity index (χ0) is 17.7. The fraction of sp³-hybridized carbons (Fsp3) is 0.211. The van der Waals surface area contributed by atoms with Crippen molar-refractivity contribution in [2.75, 3.05) is 19.5 Å². The summed E-state index contributed by atoms with van der Waals surface area (Å²) in [6.07, 6.45) is 3.07. The van der Waals surface area contributed by atoms with Crippen LogP contribution in [0.25, 0.3) is 0 Å². The Morgan fingerprint density at radius 2 is 1.79 bits per heavy atom. The van der Waals surface area contributed by atoms with Gasteiger partial charge < -0.3 is 14.8 Å². The summed E-state index contributed by atoms with van der Waals surface area (Å²) in [4.78, 5) is 12.3. The lowest BCUT2D eigenvalue weighted by Crippen LogP contribution is -2.00. The van der Waals surface area contributed by atoms with E-state index in [1.807, 2.05) is 32.0 Å². The Hall–Kier alpha value is -2.46. The Kier molecular flexibility index (Phi) is 5.88. The van der Waals surface area contributed by atoms with Crippen molar-refractivity contribution < 1.29 is 14.3 Å². The van der Waals surface area contributed by atoms with Crippen LogP contribution in [-0.2, 0) is 0 Å². The van der Waals surface area contributed by atoms with Crippen molar-refractivity contribution in [1.82, 2.24) is 0 Å². The normalized spacial score (nSPS) is 10.7. The van der Waals surface area contributed by atoms with E-state index in [1.54, 1.807) is 25.4 Å². The van der Waals surface area contributed by atoms with Gasteiger partial charge in [-0.05, 0) is 25.5 Å². The molecule has 0 aliphatic heterocycles. The van der Waals surface area contributed by atoms with Crippen LogP contribution in [0, 0.1) is 13.8 Å². The van der Waals surface area contributed by atoms with Gasteiger partial charge in [-0.25, -0.2) is 0 Å². The van der Waals surface area contributed by atoms with E-state index in [1.165, 1.54) is 13.2 Å². The van der Waals surface area contributed by atoms with Gasteiger partial charge >= 0.3 is 0 Å². The number of ketones is 1. The molecule has 1 N–H and O–H groups in total. The van der Waals surface area contributed by atoms with Crippen LogP contribution >= 0.6 is 11.6 Å². The maximum Gasteiger partial charge on any atom is 0.187 e. The van der Waals surface area contributed by atoms with Gasteiger partial charge in [0, 0.05) is 30.0 Å². The van der Waals surface area contributed by atoms with Crippen molar-refractivity contribution >= 4 is 23.1 Å². The van der Waals surface area contributed by atoms with Gasteiger partial charge in [-0.1, -0.05) is 29.3 Å². The minimum atomic E-state index is -0.0661. The summed E-state index contributed by atoms with van der Waals surface area (Å²) in [5.74, 6) is 1.02. The lowest BCUT2D eigenvalue weighted by atomic mass is 10.0. The van der Waals surface area contributed by atoms with E-state index in [4.69, 9.17) is 21.1 Å². The van der Waals surface area contributed by atoms with E-state index in [0.717, 1.165) is 11.1 Å². The van der Waals surface area contributed by atoms with Gasteiger partial charge in [0.15, 0.2) is 5.78 Å². The molecule has 24 heavy (non-hydrogen) atoms. The highest BCUT2D eigenvalue weighted by Gasteiger charge is 2.09. The van der Waals surface area contributed by atoms with Crippen LogP contribution in [-0.4, -0.2) is 20.0 Å². The molecule has 0 saturated heterocycles. The molecule has 0 heterocycles. The Morgan fingerprint density at radius 3 is 2.46 bits per heavy atom. The van der Waals surface area contributed by atoms with Crippen molar-refractivity contribution in [2.45, 2.75) is 13.8 Å². The van der Waals surface area contributed by atoms with Crippen LogP contribution < -0.4 is 14.8 Å². The molecular weight excluding hydrogens is 326 g/mol. The predicted octanol–water partition coefficient (Wildman–Crippen LogP) is 4.78. The number of carbonyl (C=O) groups excluding carboxylic acids is 1. The van der Waals surface area contributed by atoms with E-state index in [2.05, 4.69) is 5.32 Å². The standard InChI is InChI=1S/C19H20ClNO3/c1-12-5-6-13(2)14(9-12)17(22)7-8-21-16-11-18(23-3)15(20)10-19(16)24-4/h5-11,21H,1-4H3. The fourth-order valence-corrected chi connectivity index (χ4v) is 2.50. The molecule has 2 rings (SSSR count). The molecule has 0 aliphatic rings. The summed E-state index contributed by atoms with van der Waals surface area (Å²) >= 11 is 6.07. The van der Waals surface area contributed by atoms with Crippen molar-refractivity contribution in [3.8, 4) is 11.5 Å². The average Bonchev–Trinajstić information content (AvgIpc) is 2.57. The monoisotopic (exact) mass is 345 g/mol. The molecule has 2 aromatic rings. The number of carbonyl (C=O) groups is 1. The number of halogens is 1. The number of methoxy groups -OCH3 is 2. The van der Waals surface area contributed by atoms with Crippen LogP contribution in [0.5, 0.6) is 11.5 Å². The summed E-state index contributed by atoms with van der Waals surface area (Å²) in [5, 5.41) is 3.49. The first-order valence-corrected chi connectivity index (χ1v) is 7.80. The molecule has 126 valence electrons. The Bertz CT molecular complexity index is 784. The van der Waals surface area contributed by atoms with E-state index in [9.17, 15) is 4.79 Å². The van der Waals surface area contributed by atoms with Gasteiger partial charge in [-0.15, -0.1) is 0 Å². The van der Waals surface area contributed by atoms with Crippen LogP contribution in [0.1, 0.15) is 21.5 Å². The topological polar surface area (TPSA) is 47.6 Å². The third kappa shape index (κ3) is 4.09. The quantitative estimate of drug-likeness (QED) is 0.604. The average molecular weight is 346 g/mol. The first kappa shape index (κ1) is 17.9. The van der Waals surface area contributed by atoms with Crippen LogP contribution in [0.2, 0.25) is 5.02 Å². The van der Waals surface area contributed by atoms with Crippen molar-refractivity contribution in [2.24, 2.45) is 0 Å². The van der Waals surface area contributed by atoms with Gasteiger partial charge in [0.25, 0.3) is 0 Å². The maximum atomic E-state index is 12.3. The number of hydrogen-bond donors (Lipinski definition) is 1. The zero-order valence-electron chi connectivity index (χ0n) is 14.1. The highest BCUT2D eigenvalue weighted by atomic mass is 35.5. The Morgan fingerprint density at radius 1 is 1.08 bits per heavy atom. The number of nitrogens with one attached hydrogen (secondary N) is 1. The number of hydrogen-bond acceptors (Lipinski definition) is 4. The first-order chi connectivity index (χ1) is 11.5. The molecule has 0 amide bonds. The number of ether oxygens (including phenoxy) is 2. The summed E-state index contributed by atoms with van der Waals surface area (Å²) in [6.45, 7) is 3.88. The van der Waals surface area contributed by atoms with Gasteiger partial charge in [-0.3, -0.25) is 4.79 Å². The molecule has 2 aromatic carbocycles. The van der Waals surface area contributed by atoms with Crippen molar-refractivity contribution in [1.29, 1.82) is 0 Å². The first-order valence-electron chi connectivity index (χ1n) is 7.42. The van der Waals surface area contributed by atoms with Gasteiger partial charge in [0.2, 0.25) is 0 Å². The summed E-state index contributed by atoms with van der Waals surface area (Å²) in [5.41, 5.74) is 3.34. The molecule has 0 saturated carbocycles. The number of aryl methyl sites for hydroxylation is 2. The maximum absolute atomic E-state index is 12.3. The Balaban J connectivity index is 2.19. The number of allylic oxidation sites excluding steroid dienone is 1. The minimum Gasteiger partial charge on any atom is -0.495 e. The SMILES string of the molecule is COc1cc(NC=CC(=O)c2cc(C)ccc2C)c(OC)cc1Cl. The van der Waals surface area contributed by atoms with Gasteiger partial charge in [0.1, 0.15) is 11.5 Å². The van der Waals surface area contributed by atoms with Crippen molar-refractivity contribution in [3.05, 3.63) is 64.3 Å². The van der Waals surface area contributed by atoms with Gasteiger partial charge in [-0.2, -0.15) is 0 Å². The van der Waals surface area contributed by atoms with Crippen LogP contribution in [0.15, 0.2) is 42.6 Å². The van der Waals surface area contributed by atoms with E-state index >= 15 is 0 Å². The minimum absolute atomic E-state index is 0.0661. The molecule has 0 spiro atoms. The second kappa shape index (κ2) is 7.88. The molecule has 0 aliphatic carbocycles. The second-order valence-electron chi connectivity index (χ2n) is 5.35.